The van der Waals surface area contributed by atoms with Crippen LogP contribution >= 0.6 is 0 Å². The van der Waals surface area contributed by atoms with Gasteiger partial charge in [0.25, 0.3) is 0 Å². The van der Waals surface area contributed by atoms with E-state index in [0.717, 1.165) is 18.1 Å². The van der Waals surface area contributed by atoms with Gasteiger partial charge in [0, 0.05) is 11.1 Å². The van der Waals surface area contributed by atoms with Crippen molar-refractivity contribution in [2.75, 3.05) is 0 Å². The third-order valence-corrected chi connectivity index (χ3v) is 4.67. The van der Waals surface area contributed by atoms with E-state index in [4.69, 9.17) is 0 Å². The third kappa shape index (κ3) is 5.29. The fourth-order valence-corrected chi connectivity index (χ4v) is 3.20. The molecule has 0 saturated carbocycles. The van der Waals surface area contributed by atoms with Crippen LogP contribution in [0.4, 0.5) is 26.3 Å². The molecule has 0 spiro atoms. The number of aryl methyl sites for hydroxylation is 1. The monoisotopic (exact) mass is 436 g/mol. The summed E-state index contributed by atoms with van der Waals surface area (Å²) in [6, 6.07) is 9.77. The Labute approximate surface area is 175 Å². The van der Waals surface area contributed by atoms with Gasteiger partial charge in [-0.1, -0.05) is 36.4 Å². The first-order chi connectivity index (χ1) is 14.8. The van der Waals surface area contributed by atoms with Crippen LogP contribution < -0.4 is 4.74 Å². The maximum Gasteiger partial charge on any atom is 0.387 e. The Morgan fingerprint density at radius 2 is 1.35 bits per heavy atom. The molecule has 0 aliphatic carbocycles. The van der Waals surface area contributed by atoms with Gasteiger partial charge in [-0.15, -0.1) is 0 Å². The van der Waals surface area contributed by atoms with Gasteiger partial charge in [0.2, 0.25) is 0 Å². The maximum atomic E-state index is 14.7. The number of halogens is 6. The minimum absolute atomic E-state index is 0.173. The van der Waals surface area contributed by atoms with Crippen molar-refractivity contribution >= 4 is 0 Å². The standard InChI is InChI=1S/C24H18F6O/c1-2-3-4-5-14-6-8-17(19(25)10-14)15-7-9-18(20(26)11-15)16-12-21(27)23(22(28)13-16)31-24(29)30/h2-3,6-13,24H,4-5H2,1H3/b3-2+. The van der Waals surface area contributed by atoms with Gasteiger partial charge in [-0.2, -0.15) is 8.78 Å². The van der Waals surface area contributed by atoms with Crippen LogP contribution in [0.5, 0.6) is 5.75 Å². The van der Waals surface area contributed by atoms with Crippen molar-refractivity contribution in [2.24, 2.45) is 0 Å². The average molecular weight is 436 g/mol. The van der Waals surface area contributed by atoms with Gasteiger partial charge in [0.05, 0.1) is 0 Å². The Hall–Kier alpha value is -3.22. The molecule has 0 saturated heterocycles. The molecule has 0 atom stereocenters. The van der Waals surface area contributed by atoms with E-state index in [1.54, 1.807) is 12.1 Å². The van der Waals surface area contributed by atoms with Gasteiger partial charge >= 0.3 is 6.61 Å². The molecule has 3 aromatic carbocycles. The SMILES string of the molecule is C/C=C/CCc1ccc(-c2ccc(-c3cc(F)c(OC(F)F)c(F)c3)c(F)c2)c(F)c1. The molecular formula is C24H18F6O. The highest BCUT2D eigenvalue weighted by molar-refractivity contribution is 5.72. The zero-order chi connectivity index (χ0) is 22.5. The summed E-state index contributed by atoms with van der Waals surface area (Å²) in [6.45, 7) is -1.51. The van der Waals surface area contributed by atoms with Crippen LogP contribution in [0.1, 0.15) is 18.9 Å². The molecule has 0 amide bonds. The lowest BCUT2D eigenvalue weighted by atomic mass is 9.97. The predicted molar refractivity (Wildman–Crippen MR) is 107 cm³/mol. The first kappa shape index (κ1) is 22.5. The molecule has 3 rings (SSSR count). The molecule has 0 aliphatic rings. The average Bonchev–Trinajstić information content (AvgIpc) is 2.70. The van der Waals surface area contributed by atoms with Crippen molar-refractivity contribution < 1.29 is 31.1 Å². The minimum Gasteiger partial charge on any atom is -0.429 e. The second kappa shape index (κ2) is 9.73. The predicted octanol–water partition coefficient (Wildman–Crippen LogP) is 7.69. The van der Waals surface area contributed by atoms with Gasteiger partial charge in [0.15, 0.2) is 17.4 Å². The van der Waals surface area contributed by atoms with Crippen LogP contribution in [-0.2, 0) is 6.42 Å². The quantitative estimate of drug-likeness (QED) is 0.273. The van der Waals surface area contributed by atoms with E-state index in [-0.39, 0.29) is 22.3 Å². The third-order valence-electron chi connectivity index (χ3n) is 4.67. The topological polar surface area (TPSA) is 9.23 Å². The van der Waals surface area contributed by atoms with Gasteiger partial charge < -0.3 is 4.74 Å². The summed E-state index contributed by atoms with van der Waals surface area (Å²) in [4.78, 5) is 0. The van der Waals surface area contributed by atoms with Crippen molar-refractivity contribution in [2.45, 2.75) is 26.4 Å². The van der Waals surface area contributed by atoms with Crippen LogP contribution in [0.15, 0.2) is 60.7 Å². The Balaban J connectivity index is 1.90. The Morgan fingerprint density at radius 3 is 1.94 bits per heavy atom. The van der Waals surface area contributed by atoms with E-state index in [0.29, 0.717) is 18.6 Å². The molecule has 3 aromatic rings. The van der Waals surface area contributed by atoms with Crippen molar-refractivity contribution in [1.82, 2.24) is 0 Å². The fraction of sp³-hybridized carbons (Fsp3) is 0.167. The molecule has 0 bridgehead atoms. The highest BCUT2D eigenvalue weighted by Gasteiger charge is 2.19. The maximum absolute atomic E-state index is 14.7. The first-order valence-electron chi connectivity index (χ1n) is 9.44. The van der Waals surface area contributed by atoms with E-state index in [1.165, 1.54) is 18.2 Å². The number of benzene rings is 3. The molecule has 7 heteroatoms. The number of hydrogen-bond donors (Lipinski definition) is 0. The Morgan fingerprint density at radius 1 is 0.774 bits per heavy atom. The molecule has 162 valence electrons. The highest BCUT2D eigenvalue weighted by atomic mass is 19.3. The van der Waals surface area contributed by atoms with Crippen LogP contribution in [0.25, 0.3) is 22.3 Å². The number of ether oxygens (including phenoxy) is 1. The summed E-state index contributed by atoms with van der Waals surface area (Å²) < 4.78 is 85.5. The Bertz CT molecular complexity index is 1080. The molecule has 31 heavy (non-hydrogen) atoms. The van der Waals surface area contributed by atoms with Crippen molar-refractivity contribution in [1.29, 1.82) is 0 Å². The van der Waals surface area contributed by atoms with Crippen molar-refractivity contribution in [3.63, 3.8) is 0 Å². The largest absolute Gasteiger partial charge is 0.429 e. The van der Waals surface area contributed by atoms with Gasteiger partial charge in [-0.25, -0.2) is 17.6 Å². The molecule has 0 aromatic heterocycles. The Kier molecular flexibility index (Phi) is 7.05. The molecule has 0 radical (unpaired) electrons. The summed E-state index contributed by atoms with van der Waals surface area (Å²) >= 11 is 0. The number of allylic oxidation sites excluding steroid dienone is 2. The second-order valence-corrected chi connectivity index (χ2v) is 6.76. The van der Waals surface area contributed by atoms with E-state index in [9.17, 15) is 26.3 Å². The zero-order valence-corrected chi connectivity index (χ0v) is 16.4. The summed E-state index contributed by atoms with van der Waals surface area (Å²) in [5.41, 5.74) is 0.845. The van der Waals surface area contributed by atoms with Crippen LogP contribution in [0.2, 0.25) is 0 Å². The molecule has 0 N–H and O–H groups in total. The van der Waals surface area contributed by atoms with Crippen LogP contribution in [0.3, 0.4) is 0 Å². The van der Waals surface area contributed by atoms with Gasteiger partial charge in [-0.3, -0.25) is 0 Å². The summed E-state index contributed by atoms with van der Waals surface area (Å²) in [6.07, 6.45) is 5.31. The summed E-state index contributed by atoms with van der Waals surface area (Å²) in [5, 5.41) is 0. The normalized spacial score (nSPS) is 11.5. The van der Waals surface area contributed by atoms with Crippen LogP contribution in [-0.4, -0.2) is 6.61 Å². The molecule has 1 nitrogen and oxygen atoms in total. The summed E-state index contributed by atoms with van der Waals surface area (Å²) in [5.74, 6) is -5.39. The lowest BCUT2D eigenvalue weighted by Gasteiger charge is -2.11. The smallest absolute Gasteiger partial charge is 0.387 e. The lowest BCUT2D eigenvalue weighted by Crippen LogP contribution is -2.06. The van der Waals surface area contributed by atoms with Gasteiger partial charge in [-0.05, 0) is 60.7 Å². The molecule has 0 heterocycles. The number of rotatable bonds is 7. The van der Waals surface area contributed by atoms with E-state index in [2.05, 4.69) is 4.74 Å². The van der Waals surface area contributed by atoms with Crippen molar-refractivity contribution in [3.05, 3.63) is 89.5 Å². The van der Waals surface area contributed by atoms with E-state index >= 15 is 0 Å². The lowest BCUT2D eigenvalue weighted by molar-refractivity contribution is -0.0546. The summed E-state index contributed by atoms with van der Waals surface area (Å²) in [7, 11) is 0. The van der Waals surface area contributed by atoms with Gasteiger partial charge in [0.1, 0.15) is 11.6 Å². The fourth-order valence-electron chi connectivity index (χ4n) is 3.20. The van der Waals surface area contributed by atoms with Crippen LogP contribution in [0, 0.1) is 23.3 Å². The molecule has 0 aliphatic heterocycles. The van der Waals surface area contributed by atoms with Crippen molar-refractivity contribution in [3.8, 4) is 28.0 Å². The zero-order valence-electron chi connectivity index (χ0n) is 16.4. The minimum atomic E-state index is -3.41. The number of hydrogen-bond acceptors (Lipinski definition) is 1. The highest BCUT2D eigenvalue weighted by Crippen LogP contribution is 2.33. The number of alkyl halides is 2. The second-order valence-electron chi connectivity index (χ2n) is 6.76. The molecular weight excluding hydrogens is 418 g/mol. The molecule has 0 fully saturated rings. The van der Waals surface area contributed by atoms with E-state index < -0.39 is 35.6 Å². The first-order valence-corrected chi connectivity index (χ1v) is 9.44. The van der Waals surface area contributed by atoms with E-state index in [1.807, 2.05) is 19.1 Å². The molecule has 0 unspecified atom stereocenters.